The lowest BCUT2D eigenvalue weighted by Gasteiger charge is -2.04. The van der Waals surface area contributed by atoms with Gasteiger partial charge in [0.15, 0.2) is 6.61 Å². The molecular weight excluding hydrogens is 335 g/mol. The predicted molar refractivity (Wildman–Crippen MR) is 96.5 cm³/mol. The van der Waals surface area contributed by atoms with Crippen LogP contribution in [0.2, 0.25) is 0 Å². The molecule has 0 aliphatic carbocycles. The second kappa shape index (κ2) is 8.11. The Balaban J connectivity index is 1.51. The number of furan rings is 1. The Kier molecular flexibility index (Phi) is 5.43. The predicted octanol–water partition coefficient (Wildman–Crippen LogP) is 3.92. The molecule has 1 N–H and O–H groups in total. The fourth-order valence-electron chi connectivity index (χ4n) is 2.21. The molecule has 1 amide bonds. The number of halogens is 1. The summed E-state index contributed by atoms with van der Waals surface area (Å²) in [4.78, 5) is 11.7. The molecule has 132 valence electrons. The number of rotatable bonds is 6. The zero-order valence-electron chi connectivity index (χ0n) is 14.1. The van der Waals surface area contributed by atoms with Gasteiger partial charge in [0.1, 0.15) is 23.1 Å². The summed E-state index contributed by atoms with van der Waals surface area (Å²) in [5, 5.41) is 3.81. The van der Waals surface area contributed by atoms with Crippen molar-refractivity contribution in [2.45, 2.75) is 6.92 Å². The number of aryl methyl sites for hydroxylation is 1. The zero-order chi connectivity index (χ0) is 18.4. The Morgan fingerprint density at radius 1 is 1.15 bits per heavy atom. The van der Waals surface area contributed by atoms with Gasteiger partial charge in [0.05, 0.1) is 11.8 Å². The number of ether oxygens (including phenoxy) is 1. The van der Waals surface area contributed by atoms with E-state index in [2.05, 4.69) is 10.5 Å². The summed E-state index contributed by atoms with van der Waals surface area (Å²) >= 11 is 0. The summed E-state index contributed by atoms with van der Waals surface area (Å²) in [6, 6.07) is 17.0. The number of carbonyl (C=O) groups is 1. The van der Waals surface area contributed by atoms with Gasteiger partial charge in [-0.2, -0.15) is 5.10 Å². The lowest BCUT2D eigenvalue weighted by atomic mass is 10.1. The van der Waals surface area contributed by atoms with E-state index in [0.717, 1.165) is 5.56 Å². The van der Waals surface area contributed by atoms with Gasteiger partial charge >= 0.3 is 0 Å². The summed E-state index contributed by atoms with van der Waals surface area (Å²) in [5.74, 6) is 0.617. The van der Waals surface area contributed by atoms with E-state index in [1.807, 2.05) is 19.1 Å². The van der Waals surface area contributed by atoms with Crippen LogP contribution in [-0.4, -0.2) is 18.7 Å². The third-order valence-electron chi connectivity index (χ3n) is 3.54. The van der Waals surface area contributed by atoms with Crippen LogP contribution in [0.5, 0.6) is 5.75 Å². The van der Waals surface area contributed by atoms with Crippen molar-refractivity contribution >= 4 is 12.1 Å². The third-order valence-corrected chi connectivity index (χ3v) is 3.54. The number of hydrazone groups is 1. The molecule has 0 radical (unpaired) electrons. The Labute approximate surface area is 150 Å². The summed E-state index contributed by atoms with van der Waals surface area (Å²) in [6.45, 7) is 1.82. The number of carbonyl (C=O) groups excluding carboxylic acids is 1. The highest BCUT2D eigenvalue weighted by Gasteiger charge is 2.08. The lowest BCUT2D eigenvalue weighted by molar-refractivity contribution is -0.123. The number of nitrogens with one attached hydrogen (secondary N) is 1. The standard InChI is InChI=1S/C20H17FN2O3/c1-14-6-8-15(9-7-14)25-13-20(24)23-22-12-16-10-11-19(26-16)17-4-2-3-5-18(17)21/h2-12H,13H2,1H3,(H,23,24)/b22-12+. The Morgan fingerprint density at radius 3 is 2.69 bits per heavy atom. The van der Waals surface area contributed by atoms with Gasteiger partial charge in [0, 0.05) is 0 Å². The quantitative estimate of drug-likeness (QED) is 0.540. The van der Waals surface area contributed by atoms with Crippen LogP contribution in [0, 0.1) is 12.7 Å². The highest BCUT2D eigenvalue weighted by atomic mass is 19.1. The van der Waals surface area contributed by atoms with E-state index in [0.29, 0.717) is 22.8 Å². The van der Waals surface area contributed by atoms with Gasteiger partial charge in [-0.3, -0.25) is 4.79 Å². The summed E-state index contributed by atoms with van der Waals surface area (Å²) < 4.78 is 24.6. The topological polar surface area (TPSA) is 63.8 Å². The fraction of sp³-hybridized carbons (Fsp3) is 0.100. The van der Waals surface area contributed by atoms with E-state index in [9.17, 15) is 9.18 Å². The third kappa shape index (κ3) is 4.57. The molecule has 26 heavy (non-hydrogen) atoms. The number of amides is 1. The summed E-state index contributed by atoms with van der Waals surface area (Å²) in [6.07, 6.45) is 1.34. The van der Waals surface area contributed by atoms with E-state index >= 15 is 0 Å². The van der Waals surface area contributed by atoms with Crippen molar-refractivity contribution in [3.8, 4) is 17.1 Å². The van der Waals surface area contributed by atoms with E-state index in [1.165, 1.54) is 12.3 Å². The van der Waals surface area contributed by atoms with Crippen molar-refractivity contribution in [3.63, 3.8) is 0 Å². The molecule has 0 aliphatic rings. The van der Waals surface area contributed by atoms with Crippen LogP contribution in [0.4, 0.5) is 4.39 Å². The average molecular weight is 352 g/mol. The average Bonchev–Trinajstić information content (AvgIpc) is 3.10. The van der Waals surface area contributed by atoms with Crippen LogP contribution in [0.25, 0.3) is 11.3 Å². The van der Waals surface area contributed by atoms with Gasteiger partial charge in [0.2, 0.25) is 0 Å². The van der Waals surface area contributed by atoms with Crippen molar-refractivity contribution in [2.24, 2.45) is 5.10 Å². The molecule has 0 fully saturated rings. The second-order valence-corrected chi connectivity index (χ2v) is 5.58. The largest absolute Gasteiger partial charge is 0.484 e. The molecule has 0 atom stereocenters. The van der Waals surface area contributed by atoms with Gasteiger partial charge in [-0.1, -0.05) is 29.8 Å². The molecule has 5 nitrogen and oxygen atoms in total. The fourth-order valence-corrected chi connectivity index (χ4v) is 2.21. The van der Waals surface area contributed by atoms with E-state index < -0.39 is 5.91 Å². The Bertz CT molecular complexity index is 917. The molecule has 0 aliphatic heterocycles. The normalized spacial score (nSPS) is 10.8. The maximum absolute atomic E-state index is 13.7. The van der Waals surface area contributed by atoms with Crippen molar-refractivity contribution < 1.29 is 18.3 Å². The van der Waals surface area contributed by atoms with E-state index in [1.54, 1.807) is 42.5 Å². The molecule has 0 unspecified atom stereocenters. The van der Waals surface area contributed by atoms with Crippen LogP contribution in [0.1, 0.15) is 11.3 Å². The smallest absolute Gasteiger partial charge is 0.277 e. The molecule has 6 heteroatoms. The van der Waals surface area contributed by atoms with Gasteiger partial charge in [-0.05, 0) is 43.3 Å². The maximum atomic E-state index is 13.7. The first-order chi connectivity index (χ1) is 12.6. The van der Waals surface area contributed by atoms with Crippen LogP contribution in [-0.2, 0) is 4.79 Å². The molecule has 2 aromatic carbocycles. The van der Waals surface area contributed by atoms with Crippen LogP contribution in [0.3, 0.4) is 0 Å². The molecule has 0 spiro atoms. The Morgan fingerprint density at radius 2 is 1.92 bits per heavy atom. The molecular formula is C20H17FN2O3. The van der Waals surface area contributed by atoms with Crippen LogP contribution >= 0.6 is 0 Å². The SMILES string of the molecule is Cc1ccc(OCC(=O)N/N=C/c2ccc(-c3ccccc3F)o2)cc1. The number of benzene rings is 2. The van der Waals surface area contributed by atoms with Gasteiger partial charge < -0.3 is 9.15 Å². The molecule has 1 heterocycles. The monoisotopic (exact) mass is 352 g/mol. The zero-order valence-corrected chi connectivity index (χ0v) is 14.1. The minimum absolute atomic E-state index is 0.154. The van der Waals surface area contributed by atoms with Crippen LogP contribution < -0.4 is 10.2 Å². The first kappa shape index (κ1) is 17.4. The number of hydrogen-bond donors (Lipinski definition) is 1. The highest BCUT2D eigenvalue weighted by molar-refractivity contribution is 5.81. The first-order valence-corrected chi connectivity index (χ1v) is 7.98. The first-order valence-electron chi connectivity index (χ1n) is 7.98. The molecule has 3 aromatic rings. The minimum Gasteiger partial charge on any atom is -0.484 e. The minimum atomic E-state index is -0.400. The number of nitrogens with zero attached hydrogens (tertiary/aromatic N) is 1. The molecule has 3 rings (SSSR count). The highest BCUT2D eigenvalue weighted by Crippen LogP contribution is 2.24. The van der Waals surface area contributed by atoms with Crippen LogP contribution in [0.15, 0.2) is 70.2 Å². The van der Waals surface area contributed by atoms with Crippen molar-refractivity contribution in [1.82, 2.24) is 5.43 Å². The lowest BCUT2D eigenvalue weighted by Crippen LogP contribution is -2.24. The van der Waals surface area contributed by atoms with E-state index in [4.69, 9.17) is 9.15 Å². The van der Waals surface area contributed by atoms with Crippen molar-refractivity contribution in [1.29, 1.82) is 0 Å². The summed E-state index contributed by atoms with van der Waals surface area (Å²) in [7, 11) is 0. The van der Waals surface area contributed by atoms with Crippen molar-refractivity contribution in [3.05, 3.63) is 77.8 Å². The van der Waals surface area contributed by atoms with Crippen molar-refractivity contribution in [2.75, 3.05) is 6.61 Å². The van der Waals surface area contributed by atoms with E-state index in [-0.39, 0.29) is 12.4 Å². The van der Waals surface area contributed by atoms with Gasteiger partial charge in [-0.25, -0.2) is 9.82 Å². The molecule has 0 saturated carbocycles. The molecule has 0 saturated heterocycles. The Hall–Kier alpha value is -3.41. The maximum Gasteiger partial charge on any atom is 0.277 e. The van der Waals surface area contributed by atoms with Gasteiger partial charge in [-0.15, -0.1) is 0 Å². The second-order valence-electron chi connectivity index (χ2n) is 5.58. The summed E-state index contributed by atoms with van der Waals surface area (Å²) in [5.41, 5.74) is 3.82. The van der Waals surface area contributed by atoms with Gasteiger partial charge in [0.25, 0.3) is 5.91 Å². The molecule has 1 aromatic heterocycles. The number of hydrogen-bond acceptors (Lipinski definition) is 4. The molecule has 0 bridgehead atoms.